The summed E-state index contributed by atoms with van der Waals surface area (Å²) in [7, 11) is 0. The molecule has 0 atom stereocenters. The van der Waals surface area contributed by atoms with Crippen molar-refractivity contribution in [2.75, 3.05) is 0 Å². The van der Waals surface area contributed by atoms with Crippen molar-refractivity contribution in [1.82, 2.24) is 0 Å². The Kier molecular flexibility index (Phi) is 3.62. The lowest BCUT2D eigenvalue weighted by Gasteiger charge is -2.04. The predicted molar refractivity (Wildman–Crippen MR) is 97.6 cm³/mol. The topological polar surface area (TPSA) is 39.4 Å². The summed E-state index contributed by atoms with van der Waals surface area (Å²) >= 11 is 3.43. The molecule has 4 heteroatoms. The molecule has 118 valence electrons. The van der Waals surface area contributed by atoms with Crippen molar-refractivity contribution in [3.05, 3.63) is 76.5 Å². The average Bonchev–Trinajstić information content (AvgIpc) is 2.91. The number of fused-ring (bicyclic) bond motifs is 2. The smallest absolute Gasteiger partial charge is 0.379 e. The van der Waals surface area contributed by atoms with Crippen molar-refractivity contribution in [3.8, 4) is 5.75 Å². The number of benzene rings is 3. The molecule has 0 fully saturated rings. The lowest BCUT2D eigenvalue weighted by atomic mass is 10.1. The second-order valence-electron chi connectivity index (χ2n) is 5.60. The zero-order chi connectivity index (χ0) is 16.7. The van der Waals surface area contributed by atoms with E-state index in [0.29, 0.717) is 11.3 Å². The van der Waals surface area contributed by atoms with Crippen LogP contribution in [-0.2, 0) is 0 Å². The van der Waals surface area contributed by atoms with Crippen molar-refractivity contribution in [1.29, 1.82) is 0 Å². The quantitative estimate of drug-likeness (QED) is 0.322. The van der Waals surface area contributed by atoms with Gasteiger partial charge in [0.15, 0.2) is 0 Å². The van der Waals surface area contributed by atoms with Gasteiger partial charge in [-0.2, -0.15) is 0 Å². The second-order valence-corrected chi connectivity index (χ2v) is 6.51. The van der Waals surface area contributed by atoms with E-state index in [1.165, 1.54) is 0 Å². The van der Waals surface area contributed by atoms with Crippen LogP contribution in [0.3, 0.4) is 0 Å². The lowest BCUT2D eigenvalue weighted by molar-refractivity contribution is 0.0703. The molecule has 4 rings (SSSR count). The molecule has 0 saturated carbocycles. The van der Waals surface area contributed by atoms with E-state index in [2.05, 4.69) is 15.9 Å². The Morgan fingerprint density at radius 3 is 2.62 bits per heavy atom. The maximum atomic E-state index is 12.5. The van der Waals surface area contributed by atoms with Gasteiger partial charge in [-0.3, -0.25) is 0 Å². The molecule has 0 saturated heterocycles. The van der Waals surface area contributed by atoms with E-state index < -0.39 is 5.97 Å². The summed E-state index contributed by atoms with van der Waals surface area (Å²) in [6.07, 6.45) is 0. The van der Waals surface area contributed by atoms with Crippen LogP contribution in [0, 0.1) is 6.92 Å². The van der Waals surface area contributed by atoms with Gasteiger partial charge in [0.05, 0.1) is 0 Å². The Morgan fingerprint density at radius 1 is 1.00 bits per heavy atom. The number of carbonyl (C=O) groups is 1. The van der Waals surface area contributed by atoms with E-state index >= 15 is 0 Å². The molecule has 0 bridgehead atoms. The number of carbonyl (C=O) groups excluding carboxylic acids is 1. The average molecular weight is 381 g/mol. The van der Waals surface area contributed by atoms with Crippen molar-refractivity contribution < 1.29 is 13.9 Å². The summed E-state index contributed by atoms with van der Waals surface area (Å²) in [6.45, 7) is 1.86. The SMILES string of the molecule is Cc1c(C(=O)Oc2ccc3ccccc3c2)oc2ccc(Br)cc12. The maximum absolute atomic E-state index is 12.5. The van der Waals surface area contributed by atoms with Gasteiger partial charge in [0.2, 0.25) is 5.76 Å². The van der Waals surface area contributed by atoms with Crippen LogP contribution in [0.5, 0.6) is 5.75 Å². The molecule has 0 aliphatic rings. The number of esters is 1. The Bertz CT molecular complexity index is 1080. The Morgan fingerprint density at radius 2 is 1.79 bits per heavy atom. The van der Waals surface area contributed by atoms with Gasteiger partial charge in [0, 0.05) is 15.4 Å². The molecule has 1 heterocycles. The Hall–Kier alpha value is -2.59. The molecule has 0 spiro atoms. The summed E-state index contributed by atoms with van der Waals surface area (Å²) in [5, 5.41) is 3.02. The molecule has 24 heavy (non-hydrogen) atoms. The van der Waals surface area contributed by atoms with Crippen LogP contribution in [0.15, 0.2) is 69.6 Å². The van der Waals surface area contributed by atoms with Gasteiger partial charge in [-0.1, -0.05) is 46.3 Å². The third-order valence-corrected chi connectivity index (χ3v) is 4.51. The first-order valence-electron chi connectivity index (χ1n) is 7.51. The monoisotopic (exact) mass is 380 g/mol. The highest BCUT2D eigenvalue weighted by atomic mass is 79.9. The predicted octanol–water partition coefficient (Wildman–Crippen LogP) is 5.88. The van der Waals surface area contributed by atoms with Crippen LogP contribution >= 0.6 is 15.9 Å². The number of ether oxygens (including phenoxy) is 1. The second kappa shape index (κ2) is 5.80. The molecule has 4 aromatic rings. The van der Waals surface area contributed by atoms with Crippen LogP contribution < -0.4 is 4.74 Å². The molecule has 0 unspecified atom stereocenters. The van der Waals surface area contributed by atoms with E-state index in [0.717, 1.165) is 26.2 Å². The number of hydrogen-bond donors (Lipinski definition) is 0. The van der Waals surface area contributed by atoms with Gasteiger partial charge in [-0.15, -0.1) is 0 Å². The van der Waals surface area contributed by atoms with E-state index in [-0.39, 0.29) is 5.76 Å². The number of furan rings is 1. The molecule has 3 aromatic carbocycles. The van der Waals surface area contributed by atoms with Crippen LogP contribution in [0.25, 0.3) is 21.7 Å². The van der Waals surface area contributed by atoms with E-state index in [9.17, 15) is 4.79 Å². The normalized spacial score (nSPS) is 11.1. The van der Waals surface area contributed by atoms with E-state index in [4.69, 9.17) is 9.15 Å². The van der Waals surface area contributed by atoms with E-state index in [1.54, 1.807) is 6.07 Å². The number of aryl methyl sites for hydroxylation is 1. The molecule has 3 nitrogen and oxygen atoms in total. The molecular formula is C20H13BrO3. The first kappa shape index (κ1) is 15.0. The van der Waals surface area contributed by atoms with Crippen LogP contribution in [0.4, 0.5) is 0 Å². The summed E-state index contributed by atoms with van der Waals surface area (Å²) < 4.78 is 12.1. The minimum Gasteiger partial charge on any atom is -0.449 e. The third kappa shape index (κ3) is 2.59. The van der Waals surface area contributed by atoms with Gasteiger partial charge in [-0.25, -0.2) is 4.79 Å². The lowest BCUT2D eigenvalue weighted by Crippen LogP contribution is -2.08. The van der Waals surface area contributed by atoms with Gasteiger partial charge in [0.25, 0.3) is 0 Å². The van der Waals surface area contributed by atoms with Crippen LogP contribution in [-0.4, -0.2) is 5.97 Å². The van der Waals surface area contributed by atoms with Crippen LogP contribution in [0.2, 0.25) is 0 Å². The Balaban J connectivity index is 1.69. The number of halogens is 1. The summed E-state index contributed by atoms with van der Waals surface area (Å²) in [4.78, 5) is 12.5. The van der Waals surface area contributed by atoms with Gasteiger partial charge in [0.1, 0.15) is 11.3 Å². The maximum Gasteiger partial charge on any atom is 0.379 e. The largest absolute Gasteiger partial charge is 0.449 e. The standard InChI is InChI=1S/C20H13BrO3/c1-12-17-11-15(21)7-9-18(17)24-19(12)20(22)23-16-8-6-13-4-2-3-5-14(13)10-16/h2-11H,1H3. The first-order chi connectivity index (χ1) is 11.6. The minimum absolute atomic E-state index is 0.233. The van der Waals surface area contributed by atoms with Gasteiger partial charge in [-0.05, 0) is 48.0 Å². The third-order valence-electron chi connectivity index (χ3n) is 4.02. The van der Waals surface area contributed by atoms with Crippen LogP contribution in [0.1, 0.15) is 16.1 Å². The molecule has 0 aliphatic heterocycles. The fraction of sp³-hybridized carbons (Fsp3) is 0.0500. The highest BCUT2D eigenvalue weighted by Crippen LogP contribution is 2.29. The van der Waals surface area contributed by atoms with Crippen molar-refractivity contribution in [3.63, 3.8) is 0 Å². The summed E-state index contributed by atoms with van der Waals surface area (Å²) in [6, 6.07) is 19.1. The van der Waals surface area contributed by atoms with E-state index in [1.807, 2.05) is 61.5 Å². The van der Waals surface area contributed by atoms with Crippen molar-refractivity contribution in [2.24, 2.45) is 0 Å². The number of hydrogen-bond acceptors (Lipinski definition) is 3. The van der Waals surface area contributed by atoms with Gasteiger partial charge < -0.3 is 9.15 Å². The minimum atomic E-state index is -0.491. The fourth-order valence-corrected chi connectivity index (χ4v) is 3.13. The fourth-order valence-electron chi connectivity index (χ4n) is 2.77. The summed E-state index contributed by atoms with van der Waals surface area (Å²) in [5.41, 5.74) is 1.44. The van der Waals surface area contributed by atoms with Crippen molar-refractivity contribution >= 4 is 43.6 Å². The molecule has 1 aromatic heterocycles. The first-order valence-corrected chi connectivity index (χ1v) is 8.31. The van der Waals surface area contributed by atoms with Crippen molar-refractivity contribution in [2.45, 2.75) is 6.92 Å². The molecule has 0 N–H and O–H groups in total. The summed E-state index contributed by atoms with van der Waals surface area (Å²) in [5.74, 6) is 0.242. The molecule has 0 radical (unpaired) electrons. The molecule has 0 aliphatic carbocycles. The highest BCUT2D eigenvalue weighted by Gasteiger charge is 2.20. The zero-order valence-corrected chi connectivity index (χ0v) is 14.5. The Labute approximate surface area is 147 Å². The molecular weight excluding hydrogens is 368 g/mol. The highest BCUT2D eigenvalue weighted by molar-refractivity contribution is 9.10. The zero-order valence-electron chi connectivity index (χ0n) is 12.9. The number of rotatable bonds is 2. The van der Waals surface area contributed by atoms with Gasteiger partial charge >= 0.3 is 5.97 Å². The molecule has 0 amide bonds.